The summed E-state index contributed by atoms with van der Waals surface area (Å²) in [6.07, 6.45) is 7.51. The van der Waals surface area contributed by atoms with Gasteiger partial charge in [-0.05, 0) is 49.9 Å². The fourth-order valence-corrected chi connectivity index (χ4v) is 3.38. The van der Waals surface area contributed by atoms with Crippen LogP contribution in [0.5, 0.6) is 0 Å². The number of aliphatic hydroxyl groups excluding tert-OH is 1. The molecule has 0 radical (unpaired) electrons. The van der Waals surface area contributed by atoms with E-state index in [4.69, 9.17) is 0 Å². The summed E-state index contributed by atoms with van der Waals surface area (Å²) in [6, 6.07) is 7.64. The lowest BCUT2D eigenvalue weighted by Crippen LogP contribution is -2.40. The minimum Gasteiger partial charge on any atom is -0.393 e. The van der Waals surface area contributed by atoms with Gasteiger partial charge in [0.05, 0.1) is 6.10 Å². The Morgan fingerprint density at radius 1 is 1.00 bits per heavy atom. The molecule has 1 amide bonds. The second-order valence-electron chi connectivity index (χ2n) is 6.70. The van der Waals surface area contributed by atoms with Gasteiger partial charge in [0.15, 0.2) is 0 Å². The van der Waals surface area contributed by atoms with Crippen molar-refractivity contribution in [3.8, 4) is 11.8 Å². The first-order valence-electron chi connectivity index (χ1n) is 8.81. The highest BCUT2D eigenvalue weighted by Crippen LogP contribution is 2.22. The Balaban J connectivity index is 1.60. The van der Waals surface area contributed by atoms with Gasteiger partial charge in [-0.2, -0.15) is 0 Å². The summed E-state index contributed by atoms with van der Waals surface area (Å²) < 4.78 is 0. The third kappa shape index (κ3) is 4.36. The highest BCUT2D eigenvalue weighted by Gasteiger charge is 2.22. The molecule has 1 saturated heterocycles. The van der Waals surface area contributed by atoms with E-state index in [1.165, 1.54) is 32.1 Å². The standard InChI is InChI=1S/C20H25NO2/c22-19-12-14-21(15-13-19)20(23)18-10-8-17(9-11-18)7-6-16-4-2-1-3-5-16/h8-11,16,19,22H,1-5,12-15H2. The Bertz CT molecular complexity index is 582. The summed E-state index contributed by atoms with van der Waals surface area (Å²) in [5.41, 5.74) is 1.70. The third-order valence-electron chi connectivity index (χ3n) is 4.91. The molecule has 0 spiro atoms. The van der Waals surface area contributed by atoms with E-state index in [1.54, 1.807) is 0 Å². The van der Waals surface area contributed by atoms with Crippen LogP contribution in [0.4, 0.5) is 0 Å². The van der Waals surface area contributed by atoms with Gasteiger partial charge in [-0.3, -0.25) is 4.79 Å². The van der Waals surface area contributed by atoms with Gasteiger partial charge in [0, 0.05) is 30.1 Å². The molecule has 3 heteroatoms. The Hall–Kier alpha value is -1.79. The number of amides is 1. The number of aliphatic hydroxyl groups is 1. The first-order valence-corrected chi connectivity index (χ1v) is 8.81. The van der Waals surface area contributed by atoms with Crippen LogP contribution in [-0.2, 0) is 0 Å². The number of hydrogen-bond donors (Lipinski definition) is 1. The lowest BCUT2D eigenvalue weighted by molar-refractivity contribution is 0.0546. The normalized spacial score (nSPS) is 20.0. The number of piperidine rings is 1. The first-order chi connectivity index (χ1) is 11.2. The summed E-state index contributed by atoms with van der Waals surface area (Å²) in [7, 11) is 0. The molecule has 1 N–H and O–H groups in total. The second-order valence-corrected chi connectivity index (χ2v) is 6.70. The van der Waals surface area contributed by atoms with E-state index in [1.807, 2.05) is 29.2 Å². The number of likely N-dealkylation sites (tertiary alicyclic amines) is 1. The number of carbonyl (C=O) groups is 1. The van der Waals surface area contributed by atoms with Gasteiger partial charge in [0.25, 0.3) is 5.91 Å². The van der Waals surface area contributed by atoms with E-state index in [0.29, 0.717) is 37.4 Å². The Kier molecular flexibility index (Phi) is 5.35. The van der Waals surface area contributed by atoms with Gasteiger partial charge in [-0.15, -0.1) is 0 Å². The molecule has 1 aliphatic carbocycles. The monoisotopic (exact) mass is 311 g/mol. The minimum atomic E-state index is -0.253. The highest BCUT2D eigenvalue weighted by molar-refractivity contribution is 5.94. The van der Waals surface area contributed by atoms with E-state index < -0.39 is 0 Å². The molecule has 23 heavy (non-hydrogen) atoms. The SMILES string of the molecule is O=C(c1ccc(C#CC2CCCCC2)cc1)N1CCC(O)CC1. The largest absolute Gasteiger partial charge is 0.393 e. The Morgan fingerprint density at radius 2 is 1.65 bits per heavy atom. The molecule has 1 heterocycles. The van der Waals surface area contributed by atoms with E-state index in [0.717, 1.165) is 5.56 Å². The highest BCUT2D eigenvalue weighted by atomic mass is 16.3. The average Bonchev–Trinajstić information content (AvgIpc) is 2.61. The predicted octanol–water partition coefficient (Wildman–Crippen LogP) is 3.22. The van der Waals surface area contributed by atoms with Crippen LogP contribution in [0.15, 0.2) is 24.3 Å². The summed E-state index contributed by atoms with van der Waals surface area (Å²) in [6.45, 7) is 1.28. The van der Waals surface area contributed by atoms with E-state index in [2.05, 4.69) is 11.8 Å². The van der Waals surface area contributed by atoms with Crippen molar-refractivity contribution in [1.82, 2.24) is 4.90 Å². The van der Waals surface area contributed by atoms with Gasteiger partial charge in [0.1, 0.15) is 0 Å². The fourth-order valence-electron chi connectivity index (χ4n) is 3.38. The van der Waals surface area contributed by atoms with Crippen LogP contribution in [0.3, 0.4) is 0 Å². The zero-order valence-corrected chi connectivity index (χ0v) is 13.6. The van der Waals surface area contributed by atoms with Crippen LogP contribution in [0.1, 0.15) is 60.9 Å². The van der Waals surface area contributed by atoms with Crippen molar-refractivity contribution in [3.05, 3.63) is 35.4 Å². The van der Waals surface area contributed by atoms with Crippen LogP contribution in [0.25, 0.3) is 0 Å². The molecule has 0 unspecified atom stereocenters. The zero-order valence-electron chi connectivity index (χ0n) is 13.6. The molecule has 0 aromatic heterocycles. The summed E-state index contributed by atoms with van der Waals surface area (Å²) >= 11 is 0. The maximum Gasteiger partial charge on any atom is 0.253 e. The van der Waals surface area contributed by atoms with Crippen LogP contribution < -0.4 is 0 Å². The number of hydrogen-bond acceptors (Lipinski definition) is 2. The number of nitrogens with zero attached hydrogens (tertiary/aromatic N) is 1. The molecule has 3 nitrogen and oxygen atoms in total. The van der Waals surface area contributed by atoms with Crippen LogP contribution in [0.2, 0.25) is 0 Å². The maximum absolute atomic E-state index is 12.4. The molecular weight excluding hydrogens is 286 g/mol. The van der Waals surface area contributed by atoms with Crippen LogP contribution >= 0.6 is 0 Å². The topological polar surface area (TPSA) is 40.5 Å². The van der Waals surface area contributed by atoms with Crippen molar-refractivity contribution in [1.29, 1.82) is 0 Å². The minimum absolute atomic E-state index is 0.0590. The molecule has 1 saturated carbocycles. The van der Waals surface area contributed by atoms with Gasteiger partial charge < -0.3 is 10.0 Å². The average molecular weight is 311 g/mol. The van der Waals surface area contributed by atoms with Crippen LogP contribution in [-0.4, -0.2) is 35.1 Å². The fraction of sp³-hybridized carbons (Fsp3) is 0.550. The molecule has 0 atom stereocenters. The number of carbonyl (C=O) groups excluding carboxylic acids is 1. The maximum atomic E-state index is 12.4. The van der Waals surface area contributed by atoms with Crippen molar-refractivity contribution in [2.75, 3.05) is 13.1 Å². The molecule has 122 valence electrons. The lowest BCUT2D eigenvalue weighted by atomic mass is 9.89. The molecule has 1 aromatic carbocycles. The van der Waals surface area contributed by atoms with Crippen molar-refractivity contribution in [2.24, 2.45) is 5.92 Å². The van der Waals surface area contributed by atoms with Gasteiger partial charge >= 0.3 is 0 Å². The molecule has 3 rings (SSSR count). The van der Waals surface area contributed by atoms with Crippen molar-refractivity contribution < 1.29 is 9.90 Å². The molecule has 2 aliphatic rings. The summed E-state index contributed by atoms with van der Waals surface area (Å²) in [5, 5.41) is 9.53. The quantitative estimate of drug-likeness (QED) is 0.809. The molecule has 2 fully saturated rings. The van der Waals surface area contributed by atoms with Crippen molar-refractivity contribution in [2.45, 2.75) is 51.0 Å². The van der Waals surface area contributed by atoms with Gasteiger partial charge in [-0.25, -0.2) is 0 Å². The third-order valence-corrected chi connectivity index (χ3v) is 4.91. The van der Waals surface area contributed by atoms with Gasteiger partial charge in [0.2, 0.25) is 0 Å². The Labute approximate surface area is 138 Å². The van der Waals surface area contributed by atoms with E-state index in [9.17, 15) is 9.90 Å². The number of rotatable bonds is 1. The number of benzene rings is 1. The van der Waals surface area contributed by atoms with Crippen molar-refractivity contribution >= 4 is 5.91 Å². The first kappa shape index (κ1) is 16.1. The summed E-state index contributed by atoms with van der Waals surface area (Å²) in [4.78, 5) is 14.3. The Morgan fingerprint density at radius 3 is 2.30 bits per heavy atom. The molecular formula is C20H25NO2. The van der Waals surface area contributed by atoms with Gasteiger partial charge in [-0.1, -0.05) is 31.1 Å². The second kappa shape index (κ2) is 7.66. The molecule has 1 aliphatic heterocycles. The smallest absolute Gasteiger partial charge is 0.253 e. The van der Waals surface area contributed by atoms with Crippen LogP contribution in [0, 0.1) is 17.8 Å². The lowest BCUT2D eigenvalue weighted by Gasteiger charge is -2.29. The molecule has 0 bridgehead atoms. The molecule has 1 aromatic rings. The zero-order chi connectivity index (χ0) is 16.1. The van der Waals surface area contributed by atoms with Crippen molar-refractivity contribution in [3.63, 3.8) is 0 Å². The summed E-state index contributed by atoms with van der Waals surface area (Å²) in [5.74, 6) is 7.24. The van der Waals surface area contributed by atoms with E-state index in [-0.39, 0.29) is 12.0 Å². The predicted molar refractivity (Wildman–Crippen MR) is 91.0 cm³/mol. The van der Waals surface area contributed by atoms with E-state index >= 15 is 0 Å².